The summed E-state index contributed by atoms with van der Waals surface area (Å²) in [4.78, 5) is 0. The van der Waals surface area contributed by atoms with E-state index in [-0.39, 0.29) is 6.04 Å². The van der Waals surface area contributed by atoms with Crippen LogP contribution in [0.4, 0.5) is 14.5 Å². The monoisotopic (exact) mass is 293 g/mol. The molecule has 1 saturated carbocycles. The Labute approximate surface area is 121 Å². The first-order valence-corrected chi connectivity index (χ1v) is 6.98. The van der Waals surface area contributed by atoms with Crippen LogP contribution in [0, 0.1) is 17.6 Å². The third kappa shape index (κ3) is 3.10. The minimum Gasteiger partial charge on any atom is -0.378 e. The molecule has 1 fully saturated rings. The predicted molar refractivity (Wildman–Crippen MR) is 76.9 cm³/mol. The highest BCUT2D eigenvalue weighted by molar-refractivity contribution is 6.30. The Balaban J connectivity index is 1.86. The number of benzene rings is 2. The van der Waals surface area contributed by atoms with Gasteiger partial charge in [-0.25, -0.2) is 8.78 Å². The van der Waals surface area contributed by atoms with E-state index in [9.17, 15) is 8.78 Å². The Morgan fingerprint density at radius 2 is 1.60 bits per heavy atom. The molecular formula is C16H14ClF2N. The zero-order valence-corrected chi connectivity index (χ0v) is 11.5. The lowest BCUT2D eigenvalue weighted by atomic mass is 10.0. The molecule has 3 rings (SSSR count). The van der Waals surface area contributed by atoms with Crippen LogP contribution in [0.15, 0.2) is 42.5 Å². The lowest BCUT2D eigenvalue weighted by molar-refractivity contribution is 0.582. The summed E-state index contributed by atoms with van der Waals surface area (Å²) in [6, 6.07) is 11.1. The van der Waals surface area contributed by atoms with Gasteiger partial charge in [0, 0.05) is 16.8 Å². The van der Waals surface area contributed by atoms with Crippen molar-refractivity contribution < 1.29 is 8.78 Å². The maximum atomic E-state index is 13.3. The minimum absolute atomic E-state index is 0.0634. The number of anilines is 1. The number of nitrogens with one attached hydrogen (secondary N) is 1. The van der Waals surface area contributed by atoms with Crippen molar-refractivity contribution in [1.29, 1.82) is 0 Å². The average molecular weight is 294 g/mol. The zero-order valence-electron chi connectivity index (χ0n) is 10.7. The molecule has 2 aromatic rings. The fraction of sp³-hybridized carbons (Fsp3) is 0.250. The first-order chi connectivity index (χ1) is 9.61. The van der Waals surface area contributed by atoms with Crippen LogP contribution < -0.4 is 5.32 Å². The van der Waals surface area contributed by atoms with Gasteiger partial charge in [-0.1, -0.05) is 23.7 Å². The van der Waals surface area contributed by atoms with Crippen LogP contribution in [0.3, 0.4) is 0 Å². The van der Waals surface area contributed by atoms with Gasteiger partial charge in [0.15, 0.2) is 0 Å². The molecule has 0 aromatic heterocycles. The number of rotatable bonds is 4. The Hall–Kier alpha value is -1.61. The molecule has 1 nitrogen and oxygen atoms in total. The summed E-state index contributed by atoms with van der Waals surface area (Å²) in [7, 11) is 0. The third-order valence-electron chi connectivity index (χ3n) is 3.51. The molecular weight excluding hydrogens is 280 g/mol. The Morgan fingerprint density at radius 3 is 2.15 bits per heavy atom. The van der Waals surface area contributed by atoms with Crippen molar-refractivity contribution in [2.24, 2.45) is 5.92 Å². The number of halogens is 3. The largest absolute Gasteiger partial charge is 0.378 e. The average Bonchev–Trinajstić information content (AvgIpc) is 3.20. The molecule has 1 unspecified atom stereocenters. The fourth-order valence-electron chi connectivity index (χ4n) is 2.39. The summed E-state index contributed by atoms with van der Waals surface area (Å²) < 4.78 is 26.5. The molecule has 1 N–H and O–H groups in total. The number of hydrogen-bond donors (Lipinski definition) is 1. The first kappa shape index (κ1) is 13.4. The maximum Gasteiger partial charge on any atom is 0.128 e. The van der Waals surface area contributed by atoms with E-state index >= 15 is 0 Å². The summed E-state index contributed by atoms with van der Waals surface area (Å²) in [6.07, 6.45) is 2.25. The summed E-state index contributed by atoms with van der Waals surface area (Å²) in [6.45, 7) is 0. The van der Waals surface area contributed by atoms with Gasteiger partial charge in [-0.2, -0.15) is 0 Å². The molecule has 0 aliphatic heterocycles. The molecule has 104 valence electrons. The molecule has 0 saturated heterocycles. The van der Waals surface area contributed by atoms with E-state index in [1.807, 2.05) is 24.3 Å². The van der Waals surface area contributed by atoms with E-state index in [1.54, 1.807) is 0 Å². The van der Waals surface area contributed by atoms with Crippen molar-refractivity contribution in [2.45, 2.75) is 18.9 Å². The van der Waals surface area contributed by atoms with Crippen LogP contribution in [0.1, 0.15) is 24.4 Å². The smallest absolute Gasteiger partial charge is 0.128 e. The molecule has 0 spiro atoms. The molecule has 0 radical (unpaired) electrons. The molecule has 20 heavy (non-hydrogen) atoms. The SMILES string of the molecule is Fc1cc(F)cc(NC(c2ccc(Cl)cc2)C2CC2)c1. The fourth-order valence-corrected chi connectivity index (χ4v) is 2.52. The highest BCUT2D eigenvalue weighted by atomic mass is 35.5. The van der Waals surface area contributed by atoms with E-state index in [0.717, 1.165) is 24.5 Å². The van der Waals surface area contributed by atoms with Crippen molar-refractivity contribution in [3.05, 3.63) is 64.7 Å². The lowest BCUT2D eigenvalue weighted by Crippen LogP contribution is -2.13. The molecule has 1 aliphatic rings. The van der Waals surface area contributed by atoms with Crippen molar-refractivity contribution in [2.75, 3.05) is 5.32 Å². The maximum absolute atomic E-state index is 13.3. The van der Waals surface area contributed by atoms with E-state index in [2.05, 4.69) is 5.32 Å². The van der Waals surface area contributed by atoms with Crippen molar-refractivity contribution >= 4 is 17.3 Å². The molecule has 0 heterocycles. The molecule has 1 atom stereocenters. The second kappa shape index (κ2) is 5.41. The Bertz CT molecular complexity index is 588. The van der Waals surface area contributed by atoms with Gasteiger partial charge in [0.1, 0.15) is 11.6 Å². The molecule has 0 amide bonds. The molecule has 1 aliphatic carbocycles. The quantitative estimate of drug-likeness (QED) is 0.819. The predicted octanol–water partition coefficient (Wildman–Crippen LogP) is 5.18. The van der Waals surface area contributed by atoms with Crippen LogP contribution in [0.5, 0.6) is 0 Å². The lowest BCUT2D eigenvalue weighted by Gasteiger charge is -2.20. The van der Waals surface area contributed by atoms with E-state index < -0.39 is 11.6 Å². The van der Waals surface area contributed by atoms with Gasteiger partial charge in [-0.3, -0.25) is 0 Å². The molecule has 2 aromatic carbocycles. The van der Waals surface area contributed by atoms with Gasteiger partial charge in [-0.15, -0.1) is 0 Å². The van der Waals surface area contributed by atoms with Crippen LogP contribution in [0.25, 0.3) is 0 Å². The highest BCUT2D eigenvalue weighted by Gasteiger charge is 2.32. The second-order valence-corrected chi connectivity index (χ2v) is 5.61. The molecule has 0 bridgehead atoms. The summed E-state index contributed by atoms with van der Waals surface area (Å²) >= 11 is 5.89. The Kier molecular flexibility index (Phi) is 3.62. The van der Waals surface area contributed by atoms with Crippen molar-refractivity contribution in [3.8, 4) is 0 Å². The normalized spacial score (nSPS) is 15.9. The van der Waals surface area contributed by atoms with Gasteiger partial charge >= 0.3 is 0 Å². The topological polar surface area (TPSA) is 12.0 Å². The van der Waals surface area contributed by atoms with E-state index in [4.69, 9.17) is 11.6 Å². The van der Waals surface area contributed by atoms with Crippen LogP contribution in [-0.2, 0) is 0 Å². The minimum atomic E-state index is -0.571. The Morgan fingerprint density at radius 1 is 1.00 bits per heavy atom. The van der Waals surface area contributed by atoms with Crippen LogP contribution >= 0.6 is 11.6 Å². The summed E-state index contributed by atoms with van der Waals surface area (Å²) in [5.41, 5.74) is 1.55. The van der Waals surface area contributed by atoms with Gasteiger partial charge in [0.2, 0.25) is 0 Å². The van der Waals surface area contributed by atoms with Crippen LogP contribution in [0.2, 0.25) is 5.02 Å². The standard InChI is InChI=1S/C16H14ClF2N/c17-12-5-3-11(4-6-12)16(10-1-2-10)20-15-8-13(18)7-14(19)9-15/h3-10,16,20H,1-2H2. The van der Waals surface area contributed by atoms with Gasteiger partial charge in [0.05, 0.1) is 6.04 Å². The first-order valence-electron chi connectivity index (χ1n) is 6.60. The second-order valence-electron chi connectivity index (χ2n) is 5.17. The van der Waals surface area contributed by atoms with Gasteiger partial charge in [-0.05, 0) is 48.6 Å². The van der Waals surface area contributed by atoms with Crippen LogP contribution in [-0.4, -0.2) is 0 Å². The van der Waals surface area contributed by atoms with Gasteiger partial charge < -0.3 is 5.32 Å². The van der Waals surface area contributed by atoms with Gasteiger partial charge in [0.25, 0.3) is 0 Å². The zero-order chi connectivity index (χ0) is 14.1. The molecule has 4 heteroatoms. The summed E-state index contributed by atoms with van der Waals surface area (Å²) in [5, 5.41) is 3.92. The summed E-state index contributed by atoms with van der Waals surface area (Å²) in [5.74, 6) is -0.640. The van der Waals surface area contributed by atoms with Crippen molar-refractivity contribution in [1.82, 2.24) is 0 Å². The van der Waals surface area contributed by atoms with E-state index in [1.165, 1.54) is 12.1 Å². The highest BCUT2D eigenvalue weighted by Crippen LogP contribution is 2.43. The van der Waals surface area contributed by atoms with Crippen molar-refractivity contribution in [3.63, 3.8) is 0 Å². The third-order valence-corrected chi connectivity index (χ3v) is 3.76. The number of hydrogen-bond acceptors (Lipinski definition) is 1. The van der Waals surface area contributed by atoms with E-state index in [0.29, 0.717) is 16.6 Å².